The maximum absolute atomic E-state index is 4.73. The fraction of sp³-hybridized carbons (Fsp3) is 0.733. The van der Waals surface area contributed by atoms with Crippen LogP contribution in [0.25, 0.3) is 0 Å². The fourth-order valence-corrected chi connectivity index (χ4v) is 2.24. The standard InChI is InChI=1S/C15H27N3/c1-5-9-15-17-13(6-2)12(10-11-16-8-4)14(7-3)18-15/h16H,5-11H2,1-4H3. The van der Waals surface area contributed by atoms with Gasteiger partial charge in [-0.1, -0.05) is 27.7 Å². The molecule has 0 atom stereocenters. The van der Waals surface area contributed by atoms with Gasteiger partial charge in [0.1, 0.15) is 5.82 Å². The average Bonchev–Trinajstić information content (AvgIpc) is 2.40. The zero-order valence-electron chi connectivity index (χ0n) is 12.3. The van der Waals surface area contributed by atoms with Crippen molar-refractivity contribution in [2.24, 2.45) is 0 Å². The van der Waals surface area contributed by atoms with Crippen molar-refractivity contribution >= 4 is 0 Å². The molecule has 0 amide bonds. The third-order valence-corrected chi connectivity index (χ3v) is 3.17. The summed E-state index contributed by atoms with van der Waals surface area (Å²) >= 11 is 0. The highest BCUT2D eigenvalue weighted by Crippen LogP contribution is 2.15. The van der Waals surface area contributed by atoms with Crippen LogP contribution in [0.4, 0.5) is 0 Å². The van der Waals surface area contributed by atoms with Crippen LogP contribution in [0.2, 0.25) is 0 Å². The lowest BCUT2D eigenvalue weighted by Gasteiger charge is -2.14. The first-order valence-corrected chi connectivity index (χ1v) is 7.34. The van der Waals surface area contributed by atoms with Crippen molar-refractivity contribution in [1.82, 2.24) is 15.3 Å². The van der Waals surface area contributed by atoms with Gasteiger partial charge in [-0.15, -0.1) is 0 Å². The van der Waals surface area contributed by atoms with E-state index in [0.29, 0.717) is 0 Å². The van der Waals surface area contributed by atoms with Gasteiger partial charge in [0, 0.05) is 17.8 Å². The van der Waals surface area contributed by atoms with E-state index in [1.807, 2.05) is 0 Å². The average molecular weight is 249 g/mol. The topological polar surface area (TPSA) is 37.8 Å². The van der Waals surface area contributed by atoms with Gasteiger partial charge in [-0.25, -0.2) is 9.97 Å². The normalized spacial score (nSPS) is 10.9. The zero-order chi connectivity index (χ0) is 13.4. The van der Waals surface area contributed by atoms with Gasteiger partial charge in [-0.2, -0.15) is 0 Å². The van der Waals surface area contributed by atoms with Crippen LogP contribution in [0.1, 0.15) is 56.9 Å². The van der Waals surface area contributed by atoms with Crippen LogP contribution in [-0.2, 0) is 25.7 Å². The minimum Gasteiger partial charge on any atom is -0.317 e. The number of aromatic nitrogens is 2. The molecule has 1 rings (SSSR count). The number of aryl methyl sites for hydroxylation is 3. The van der Waals surface area contributed by atoms with Crippen LogP contribution in [0.3, 0.4) is 0 Å². The molecular formula is C15H27N3. The van der Waals surface area contributed by atoms with Gasteiger partial charge in [0.2, 0.25) is 0 Å². The summed E-state index contributed by atoms with van der Waals surface area (Å²) < 4.78 is 0. The molecule has 0 saturated carbocycles. The lowest BCUT2D eigenvalue weighted by atomic mass is 10.0. The molecule has 0 aliphatic heterocycles. The number of hydrogen-bond acceptors (Lipinski definition) is 3. The molecule has 0 fully saturated rings. The molecule has 0 aliphatic rings. The maximum Gasteiger partial charge on any atom is 0.128 e. The van der Waals surface area contributed by atoms with E-state index in [9.17, 15) is 0 Å². The minimum absolute atomic E-state index is 0.994. The van der Waals surface area contributed by atoms with E-state index in [4.69, 9.17) is 9.97 Å². The van der Waals surface area contributed by atoms with Crippen molar-refractivity contribution in [3.8, 4) is 0 Å². The molecule has 0 radical (unpaired) electrons. The number of likely N-dealkylation sites (N-methyl/N-ethyl adjacent to an activating group) is 1. The van der Waals surface area contributed by atoms with Crippen molar-refractivity contribution < 1.29 is 0 Å². The van der Waals surface area contributed by atoms with Gasteiger partial charge in [0.25, 0.3) is 0 Å². The van der Waals surface area contributed by atoms with E-state index < -0.39 is 0 Å². The molecule has 1 heterocycles. The molecule has 0 bridgehead atoms. The van der Waals surface area contributed by atoms with Crippen LogP contribution < -0.4 is 5.32 Å². The van der Waals surface area contributed by atoms with Gasteiger partial charge >= 0.3 is 0 Å². The zero-order valence-corrected chi connectivity index (χ0v) is 12.3. The van der Waals surface area contributed by atoms with Crippen molar-refractivity contribution in [1.29, 1.82) is 0 Å². The quantitative estimate of drug-likeness (QED) is 0.720. The Hall–Kier alpha value is -0.960. The van der Waals surface area contributed by atoms with Crippen LogP contribution >= 0.6 is 0 Å². The third kappa shape index (κ3) is 4.05. The molecule has 3 nitrogen and oxygen atoms in total. The Morgan fingerprint density at radius 1 is 0.889 bits per heavy atom. The Kier molecular flexibility index (Phi) is 6.88. The number of rotatable bonds is 8. The third-order valence-electron chi connectivity index (χ3n) is 3.17. The Labute approximate surface area is 111 Å². The summed E-state index contributed by atoms with van der Waals surface area (Å²) in [6.07, 6.45) is 5.17. The highest BCUT2D eigenvalue weighted by atomic mass is 14.9. The molecule has 0 saturated heterocycles. The van der Waals surface area contributed by atoms with Crippen molar-refractivity contribution in [3.05, 3.63) is 22.8 Å². The van der Waals surface area contributed by atoms with E-state index in [1.165, 1.54) is 17.0 Å². The van der Waals surface area contributed by atoms with Crippen molar-refractivity contribution in [3.63, 3.8) is 0 Å². The van der Waals surface area contributed by atoms with Crippen LogP contribution in [-0.4, -0.2) is 23.1 Å². The molecule has 1 N–H and O–H groups in total. The predicted molar refractivity (Wildman–Crippen MR) is 77.0 cm³/mol. The van der Waals surface area contributed by atoms with Gasteiger partial charge < -0.3 is 5.32 Å². The van der Waals surface area contributed by atoms with Gasteiger partial charge in [0.15, 0.2) is 0 Å². The summed E-state index contributed by atoms with van der Waals surface area (Å²) in [6, 6.07) is 0. The Morgan fingerprint density at radius 3 is 1.94 bits per heavy atom. The number of nitrogens with zero attached hydrogens (tertiary/aromatic N) is 2. The first kappa shape index (κ1) is 15.1. The summed E-state index contributed by atoms with van der Waals surface area (Å²) in [6.45, 7) is 10.7. The molecule has 0 aliphatic carbocycles. The molecule has 0 aromatic carbocycles. The molecular weight excluding hydrogens is 222 g/mol. The first-order valence-electron chi connectivity index (χ1n) is 7.34. The summed E-state index contributed by atoms with van der Waals surface area (Å²) in [5.41, 5.74) is 3.88. The van der Waals surface area contributed by atoms with E-state index >= 15 is 0 Å². The summed E-state index contributed by atoms with van der Waals surface area (Å²) in [7, 11) is 0. The second-order valence-electron chi connectivity index (χ2n) is 4.57. The summed E-state index contributed by atoms with van der Waals surface area (Å²) in [4.78, 5) is 9.46. The van der Waals surface area contributed by atoms with Gasteiger partial charge in [-0.3, -0.25) is 0 Å². The molecule has 1 aromatic heterocycles. The first-order chi connectivity index (χ1) is 8.76. The fourth-order valence-electron chi connectivity index (χ4n) is 2.24. The van der Waals surface area contributed by atoms with Crippen LogP contribution in [0.5, 0.6) is 0 Å². The lowest BCUT2D eigenvalue weighted by molar-refractivity contribution is 0.693. The van der Waals surface area contributed by atoms with Crippen molar-refractivity contribution in [2.75, 3.05) is 13.1 Å². The van der Waals surface area contributed by atoms with E-state index in [0.717, 1.165) is 51.0 Å². The van der Waals surface area contributed by atoms with E-state index in [2.05, 4.69) is 33.0 Å². The molecule has 18 heavy (non-hydrogen) atoms. The largest absolute Gasteiger partial charge is 0.317 e. The Balaban J connectivity index is 2.97. The molecule has 3 heteroatoms. The van der Waals surface area contributed by atoms with Gasteiger partial charge in [-0.05, 0) is 44.3 Å². The lowest BCUT2D eigenvalue weighted by Crippen LogP contribution is -2.19. The molecule has 102 valence electrons. The second kappa shape index (κ2) is 8.20. The minimum atomic E-state index is 0.994. The van der Waals surface area contributed by atoms with E-state index in [1.54, 1.807) is 0 Å². The van der Waals surface area contributed by atoms with Crippen LogP contribution in [0.15, 0.2) is 0 Å². The second-order valence-corrected chi connectivity index (χ2v) is 4.57. The summed E-state index contributed by atoms with van der Waals surface area (Å²) in [5, 5.41) is 3.38. The maximum atomic E-state index is 4.73. The monoisotopic (exact) mass is 249 g/mol. The van der Waals surface area contributed by atoms with E-state index in [-0.39, 0.29) is 0 Å². The summed E-state index contributed by atoms with van der Waals surface area (Å²) in [5.74, 6) is 1.03. The highest BCUT2D eigenvalue weighted by molar-refractivity contribution is 5.27. The number of nitrogens with one attached hydrogen (secondary N) is 1. The smallest absolute Gasteiger partial charge is 0.128 e. The highest BCUT2D eigenvalue weighted by Gasteiger charge is 2.11. The predicted octanol–water partition coefficient (Wildman–Crippen LogP) is 2.71. The Bertz CT molecular complexity index is 336. The SMILES string of the molecule is CCCc1nc(CC)c(CCNCC)c(CC)n1. The van der Waals surface area contributed by atoms with Crippen molar-refractivity contribution in [2.45, 2.75) is 59.8 Å². The van der Waals surface area contributed by atoms with Crippen LogP contribution in [0, 0.1) is 0 Å². The van der Waals surface area contributed by atoms with Gasteiger partial charge in [0.05, 0.1) is 0 Å². The number of hydrogen-bond donors (Lipinski definition) is 1. The molecule has 0 unspecified atom stereocenters. The molecule has 1 aromatic rings. The Morgan fingerprint density at radius 2 is 1.50 bits per heavy atom. The molecule has 0 spiro atoms.